The second-order valence-electron chi connectivity index (χ2n) is 3.00. The third-order valence-corrected chi connectivity index (χ3v) is 2.46. The lowest BCUT2D eigenvalue weighted by Crippen LogP contribution is -2.19. The highest BCUT2D eigenvalue weighted by Gasteiger charge is 2.08. The highest BCUT2D eigenvalue weighted by molar-refractivity contribution is 6.39. The predicted molar refractivity (Wildman–Crippen MR) is 63.6 cm³/mol. The minimum absolute atomic E-state index is 0.112. The zero-order valence-corrected chi connectivity index (χ0v) is 9.82. The van der Waals surface area contributed by atoms with Gasteiger partial charge in [-0.2, -0.15) is 0 Å². The molecule has 0 aliphatic heterocycles. The van der Waals surface area contributed by atoms with E-state index in [2.05, 4.69) is 10.6 Å². The molecule has 0 heterocycles. The first-order valence-electron chi connectivity index (χ1n) is 4.53. The first-order chi connectivity index (χ1) is 7.15. The van der Waals surface area contributed by atoms with Crippen LogP contribution >= 0.6 is 23.2 Å². The van der Waals surface area contributed by atoms with Crippen molar-refractivity contribution in [1.29, 1.82) is 0 Å². The predicted octanol–water partition coefficient (Wildman–Crippen LogP) is 2.54. The standard InChI is InChI=1S/C10H12Cl2N2O/c1-13-6-5-9(15)14-10-7(11)3-2-4-8(10)12/h2-4,13H,5-6H2,1H3,(H,14,15). The Bertz CT molecular complexity index is 335. The largest absolute Gasteiger partial charge is 0.324 e. The molecule has 0 radical (unpaired) electrons. The molecule has 1 rings (SSSR count). The number of carbonyl (C=O) groups excluding carboxylic acids is 1. The molecule has 0 aliphatic carbocycles. The summed E-state index contributed by atoms with van der Waals surface area (Å²) in [6.07, 6.45) is 0.387. The number of para-hydroxylation sites is 1. The second-order valence-corrected chi connectivity index (χ2v) is 3.81. The van der Waals surface area contributed by atoms with Gasteiger partial charge in [0, 0.05) is 13.0 Å². The van der Waals surface area contributed by atoms with Crippen LogP contribution in [0.2, 0.25) is 10.0 Å². The number of hydrogen-bond acceptors (Lipinski definition) is 2. The number of halogens is 2. The van der Waals surface area contributed by atoms with E-state index in [1.165, 1.54) is 0 Å². The van der Waals surface area contributed by atoms with E-state index >= 15 is 0 Å². The Morgan fingerprint density at radius 3 is 2.47 bits per heavy atom. The fourth-order valence-electron chi connectivity index (χ4n) is 1.06. The van der Waals surface area contributed by atoms with Crippen LogP contribution in [0.1, 0.15) is 6.42 Å². The summed E-state index contributed by atoms with van der Waals surface area (Å²) < 4.78 is 0. The third kappa shape index (κ3) is 3.70. The average Bonchev–Trinajstić information content (AvgIpc) is 2.21. The van der Waals surface area contributed by atoms with Gasteiger partial charge in [0.25, 0.3) is 0 Å². The van der Waals surface area contributed by atoms with Gasteiger partial charge in [0.05, 0.1) is 15.7 Å². The van der Waals surface area contributed by atoms with Crippen LogP contribution in [0.25, 0.3) is 0 Å². The summed E-state index contributed by atoms with van der Waals surface area (Å²) in [6.45, 7) is 0.619. The lowest BCUT2D eigenvalue weighted by atomic mass is 10.3. The molecule has 15 heavy (non-hydrogen) atoms. The number of benzene rings is 1. The van der Waals surface area contributed by atoms with E-state index in [9.17, 15) is 4.79 Å². The molecule has 2 N–H and O–H groups in total. The van der Waals surface area contributed by atoms with Crippen LogP contribution in [0, 0.1) is 0 Å². The molecule has 0 unspecified atom stereocenters. The van der Waals surface area contributed by atoms with Crippen LogP contribution in [-0.2, 0) is 4.79 Å². The minimum Gasteiger partial charge on any atom is -0.324 e. The van der Waals surface area contributed by atoms with Crippen molar-refractivity contribution in [1.82, 2.24) is 5.32 Å². The van der Waals surface area contributed by atoms with Gasteiger partial charge in [-0.3, -0.25) is 4.79 Å². The molecule has 1 amide bonds. The van der Waals surface area contributed by atoms with Gasteiger partial charge in [0.1, 0.15) is 0 Å². The Morgan fingerprint density at radius 2 is 1.93 bits per heavy atom. The Hall–Kier alpha value is -0.770. The Kier molecular flexibility index (Phi) is 4.88. The van der Waals surface area contributed by atoms with Crippen molar-refractivity contribution in [3.8, 4) is 0 Å². The molecule has 3 nitrogen and oxygen atoms in total. The second kappa shape index (κ2) is 5.95. The maximum absolute atomic E-state index is 11.4. The molecular formula is C10H12Cl2N2O. The van der Waals surface area contributed by atoms with Gasteiger partial charge in [0.15, 0.2) is 0 Å². The zero-order chi connectivity index (χ0) is 11.3. The molecular weight excluding hydrogens is 235 g/mol. The molecule has 0 saturated heterocycles. The fraction of sp³-hybridized carbons (Fsp3) is 0.300. The molecule has 1 aromatic carbocycles. The van der Waals surface area contributed by atoms with Gasteiger partial charge >= 0.3 is 0 Å². The normalized spacial score (nSPS) is 10.1. The molecule has 0 atom stereocenters. The highest BCUT2D eigenvalue weighted by Crippen LogP contribution is 2.29. The molecule has 82 valence electrons. The van der Waals surface area contributed by atoms with Crippen LogP contribution in [0.3, 0.4) is 0 Å². The maximum atomic E-state index is 11.4. The molecule has 5 heteroatoms. The smallest absolute Gasteiger partial charge is 0.225 e. The van der Waals surface area contributed by atoms with Crippen LogP contribution < -0.4 is 10.6 Å². The minimum atomic E-state index is -0.112. The third-order valence-electron chi connectivity index (χ3n) is 1.83. The number of amides is 1. The van der Waals surface area contributed by atoms with E-state index in [4.69, 9.17) is 23.2 Å². The Balaban J connectivity index is 2.68. The van der Waals surface area contributed by atoms with Crippen molar-refractivity contribution in [2.75, 3.05) is 18.9 Å². The number of rotatable bonds is 4. The maximum Gasteiger partial charge on any atom is 0.225 e. The van der Waals surface area contributed by atoms with Crippen molar-refractivity contribution in [3.05, 3.63) is 28.2 Å². The van der Waals surface area contributed by atoms with E-state index in [1.54, 1.807) is 25.2 Å². The van der Waals surface area contributed by atoms with E-state index < -0.39 is 0 Å². The average molecular weight is 247 g/mol. The monoisotopic (exact) mass is 246 g/mol. The van der Waals surface area contributed by atoms with Gasteiger partial charge < -0.3 is 10.6 Å². The van der Waals surface area contributed by atoms with Crippen molar-refractivity contribution >= 4 is 34.8 Å². The number of carbonyl (C=O) groups is 1. The van der Waals surface area contributed by atoms with E-state index in [-0.39, 0.29) is 5.91 Å². The molecule has 0 bridgehead atoms. The van der Waals surface area contributed by atoms with Crippen LogP contribution in [0.5, 0.6) is 0 Å². The van der Waals surface area contributed by atoms with Crippen LogP contribution in [0.15, 0.2) is 18.2 Å². The zero-order valence-electron chi connectivity index (χ0n) is 8.31. The molecule has 0 spiro atoms. The highest BCUT2D eigenvalue weighted by atomic mass is 35.5. The number of hydrogen-bond donors (Lipinski definition) is 2. The van der Waals surface area contributed by atoms with Crippen LogP contribution in [0.4, 0.5) is 5.69 Å². The molecule has 0 saturated carbocycles. The van der Waals surface area contributed by atoms with E-state index in [1.807, 2.05) is 0 Å². The van der Waals surface area contributed by atoms with Crippen LogP contribution in [-0.4, -0.2) is 19.5 Å². The molecule has 0 fully saturated rings. The summed E-state index contributed by atoms with van der Waals surface area (Å²) in [6, 6.07) is 5.09. The first kappa shape index (κ1) is 12.3. The van der Waals surface area contributed by atoms with Crippen molar-refractivity contribution in [2.24, 2.45) is 0 Å². The Morgan fingerprint density at radius 1 is 1.33 bits per heavy atom. The Labute approximate surface area is 98.8 Å². The summed E-state index contributed by atoms with van der Waals surface area (Å²) in [5, 5.41) is 6.45. The summed E-state index contributed by atoms with van der Waals surface area (Å²) in [7, 11) is 1.79. The molecule has 0 aliphatic rings. The van der Waals surface area contributed by atoms with Gasteiger partial charge in [0.2, 0.25) is 5.91 Å². The summed E-state index contributed by atoms with van der Waals surface area (Å²) >= 11 is 11.8. The van der Waals surface area contributed by atoms with Gasteiger partial charge in [-0.25, -0.2) is 0 Å². The van der Waals surface area contributed by atoms with Crippen molar-refractivity contribution < 1.29 is 4.79 Å². The quantitative estimate of drug-likeness (QED) is 0.858. The fourth-order valence-corrected chi connectivity index (χ4v) is 1.55. The topological polar surface area (TPSA) is 41.1 Å². The van der Waals surface area contributed by atoms with E-state index in [0.29, 0.717) is 28.7 Å². The van der Waals surface area contributed by atoms with Gasteiger partial charge in [-0.15, -0.1) is 0 Å². The van der Waals surface area contributed by atoms with Crippen molar-refractivity contribution in [2.45, 2.75) is 6.42 Å². The number of nitrogens with one attached hydrogen (secondary N) is 2. The lowest BCUT2D eigenvalue weighted by molar-refractivity contribution is -0.116. The van der Waals surface area contributed by atoms with Gasteiger partial charge in [-0.1, -0.05) is 29.3 Å². The van der Waals surface area contributed by atoms with E-state index in [0.717, 1.165) is 0 Å². The SMILES string of the molecule is CNCCC(=O)Nc1c(Cl)cccc1Cl. The number of anilines is 1. The summed E-state index contributed by atoms with van der Waals surface area (Å²) in [4.78, 5) is 11.4. The molecule has 0 aromatic heterocycles. The summed E-state index contributed by atoms with van der Waals surface area (Å²) in [5.41, 5.74) is 0.474. The first-order valence-corrected chi connectivity index (χ1v) is 5.29. The van der Waals surface area contributed by atoms with Crippen molar-refractivity contribution in [3.63, 3.8) is 0 Å². The van der Waals surface area contributed by atoms with Gasteiger partial charge in [-0.05, 0) is 19.2 Å². The summed E-state index contributed by atoms with van der Waals surface area (Å²) in [5.74, 6) is -0.112. The molecule has 1 aromatic rings. The lowest BCUT2D eigenvalue weighted by Gasteiger charge is -2.08.